The third-order valence-corrected chi connectivity index (χ3v) is 7.58. The summed E-state index contributed by atoms with van der Waals surface area (Å²) >= 11 is 0. The van der Waals surface area contributed by atoms with Crippen LogP contribution in [0.3, 0.4) is 0 Å². The van der Waals surface area contributed by atoms with Crippen LogP contribution < -0.4 is 11.5 Å². The van der Waals surface area contributed by atoms with Crippen molar-refractivity contribution in [2.45, 2.75) is 44.4 Å². The summed E-state index contributed by atoms with van der Waals surface area (Å²) in [6.45, 7) is 5.70. The maximum Gasteiger partial charge on any atom is 0.419 e. The average molecular weight is 435 g/mol. The number of alkyl halides is 3. The molecule has 0 aromatic carbocycles. The van der Waals surface area contributed by atoms with E-state index < -0.39 is 17.6 Å². The number of morpholine rings is 1. The zero-order chi connectivity index (χ0) is 22.0. The van der Waals surface area contributed by atoms with Gasteiger partial charge in [-0.2, -0.15) is 13.2 Å². The highest BCUT2D eigenvalue weighted by Crippen LogP contribution is 2.73. The Hall–Kier alpha value is -2.13. The van der Waals surface area contributed by atoms with E-state index in [9.17, 15) is 13.2 Å². The summed E-state index contributed by atoms with van der Waals surface area (Å²) in [5.74, 6) is 0.379. The minimum Gasteiger partial charge on any atom is -0.398 e. The van der Waals surface area contributed by atoms with Crippen LogP contribution in [0.2, 0.25) is 0 Å². The summed E-state index contributed by atoms with van der Waals surface area (Å²) < 4.78 is 45.1. The van der Waals surface area contributed by atoms with Crippen molar-refractivity contribution in [2.24, 2.45) is 28.0 Å². The first-order valence-electron chi connectivity index (χ1n) is 10.9. The molecule has 3 fully saturated rings. The van der Waals surface area contributed by atoms with Crippen molar-refractivity contribution >= 4 is 17.2 Å². The van der Waals surface area contributed by atoms with E-state index in [1.807, 2.05) is 0 Å². The van der Waals surface area contributed by atoms with Gasteiger partial charge in [0.1, 0.15) is 5.82 Å². The SMILES string of the molecule is CC1C[C@]23C[C@@H](N4CCOCC4)C[C@H]2[C@@H]3C(C=C(N)c2cnc(N)c(C(F)(F)F)c2)=N1. The molecular weight excluding hydrogens is 407 g/mol. The van der Waals surface area contributed by atoms with Crippen LogP contribution in [-0.2, 0) is 10.9 Å². The average Bonchev–Trinajstić information content (AvgIpc) is 3.18. The van der Waals surface area contributed by atoms with Gasteiger partial charge in [0.2, 0.25) is 0 Å². The van der Waals surface area contributed by atoms with Crippen molar-refractivity contribution in [1.82, 2.24) is 9.88 Å². The molecule has 9 heteroatoms. The third kappa shape index (κ3) is 3.51. The molecule has 0 amide bonds. The van der Waals surface area contributed by atoms with Gasteiger partial charge in [-0.25, -0.2) is 4.98 Å². The molecule has 5 rings (SSSR count). The van der Waals surface area contributed by atoms with Crippen LogP contribution in [0, 0.1) is 17.3 Å². The molecule has 4 N–H and O–H groups in total. The number of hydrogen-bond donors (Lipinski definition) is 2. The molecular formula is C22H28F3N5O. The Morgan fingerprint density at radius 1 is 1.29 bits per heavy atom. The van der Waals surface area contributed by atoms with Crippen LogP contribution >= 0.6 is 0 Å². The highest BCUT2D eigenvalue weighted by atomic mass is 19.4. The monoisotopic (exact) mass is 435 g/mol. The van der Waals surface area contributed by atoms with Crippen LogP contribution in [0.1, 0.15) is 37.3 Å². The largest absolute Gasteiger partial charge is 0.419 e. The van der Waals surface area contributed by atoms with Gasteiger partial charge < -0.3 is 16.2 Å². The molecule has 2 saturated carbocycles. The Labute approximate surface area is 179 Å². The molecule has 0 bridgehead atoms. The molecule has 6 nitrogen and oxygen atoms in total. The van der Waals surface area contributed by atoms with E-state index in [1.54, 1.807) is 6.08 Å². The number of anilines is 1. The number of nitrogen functional groups attached to an aromatic ring is 1. The molecule has 1 unspecified atom stereocenters. The number of hydrogen-bond acceptors (Lipinski definition) is 6. The summed E-state index contributed by atoms with van der Waals surface area (Å²) in [4.78, 5) is 11.1. The Morgan fingerprint density at radius 2 is 2.03 bits per heavy atom. The molecule has 31 heavy (non-hydrogen) atoms. The van der Waals surface area contributed by atoms with Crippen molar-refractivity contribution < 1.29 is 17.9 Å². The maximum absolute atomic E-state index is 13.2. The number of aliphatic imine (C=N–C) groups is 1. The summed E-state index contributed by atoms with van der Waals surface area (Å²) in [5, 5.41) is 0. The third-order valence-electron chi connectivity index (χ3n) is 7.58. The van der Waals surface area contributed by atoms with Crippen LogP contribution in [0.4, 0.5) is 19.0 Å². The summed E-state index contributed by atoms with van der Waals surface area (Å²) in [6, 6.07) is 1.74. The number of aromatic nitrogens is 1. The van der Waals surface area contributed by atoms with Crippen LogP contribution in [0.25, 0.3) is 5.70 Å². The molecule has 0 radical (unpaired) electrons. The Morgan fingerprint density at radius 3 is 2.74 bits per heavy atom. The lowest BCUT2D eigenvalue weighted by molar-refractivity contribution is -0.137. The van der Waals surface area contributed by atoms with Gasteiger partial charge in [-0.05, 0) is 49.7 Å². The highest BCUT2D eigenvalue weighted by molar-refractivity contribution is 6.05. The first-order valence-corrected chi connectivity index (χ1v) is 10.9. The van der Waals surface area contributed by atoms with E-state index in [0.717, 1.165) is 57.3 Å². The van der Waals surface area contributed by atoms with Gasteiger partial charge >= 0.3 is 6.18 Å². The van der Waals surface area contributed by atoms with E-state index in [0.29, 0.717) is 17.9 Å². The fraction of sp³-hybridized carbons (Fsp3) is 0.636. The quantitative estimate of drug-likeness (QED) is 0.762. The molecule has 1 spiro atoms. The number of ether oxygens (including phenoxy) is 1. The number of nitrogens with zero attached hydrogens (tertiary/aromatic N) is 3. The van der Waals surface area contributed by atoms with Crippen LogP contribution in [-0.4, -0.2) is 54.0 Å². The standard InChI is InChI=1S/C22H28F3N5O/c1-12-9-21-10-14(30-2-4-31-5-3-30)7-15(21)19(21)18(29-12)8-17(26)13-6-16(22(23,24)25)20(27)28-11-13/h6,8,11-12,14-15,19H,2-5,7,9-10,26H2,1H3,(H2,27,28)/t12?,14-,15-,19+,21-/m0/s1. The molecule has 3 heterocycles. The van der Waals surface area contributed by atoms with Crippen molar-refractivity contribution in [3.05, 3.63) is 29.5 Å². The Kier molecular flexibility index (Phi) is 4.82. The van der Waals surface area contributed by atoms with Gasteiger partial charge in [-0.3, -0.25) is 9.89 Å². The van der Waals surface area contributed by atoms with Crippen molar-refractivity contribution in [2.75, 3.05) is 32.0 Å². The number of pyridine rings is 1. The topological polar surface area (TPSA) is 89.8 Å². The molecule has 5 atom stereocenters. The number of halogens is 3. The van der Waals surface area contributed by atoms with E-state index in [4.69, 9.17) is 21.2 Å². The van der Waals surface area contributed by atoms with E-state index in [2.05, 4.69) is 16.8 Å². The first kappa shape index (κ1) is 20.8. The summed E-state index contributed by atoms with van der Waals surface area (Å²) in [7, 11) is 0. The number of rotatable bonds is 3. The molecule has 1 aromatic rings. The van der Waals surface area contributed by atoms with E-state index in [1.165, 1.54) is 6.20 Å². The lowest BCUT2D eigenvalue weighted by Crippen LogP contribution is -2.44. The normalized spacial score (nSPS) is 36.0. The second-order valence-electron chi connectivity index (χ2n) is 9.42. The smallest absolute Gasteiger partial charge is 0.398 e. The summed E-state index contributed by atoms with van der Waals surface area (Å²) in [5.41, 5.74) is 12.3. The van der Waals surface area contributed by atoms with Crippen molar-refractivity contribution in [1.29, 1.82) is 0 Å². The lowest BCUT2D eigenvalue weighted by atomic mass is 9.86. The van der Waals surface area contributed by atoms with Gasteiger partial charge in [0.15, 0.2) is 0 Å². The molecule has 1 aromatic heterocycles. The molecule has 168 valence electrons. The minimum absolute atomic E-state index is 0.180. The summed E-state index contributed by atoms with van der Waals surface area (Å²) in [6.07, 6.45) is 1.85. The fourth-order valence-electron chi connectivity index (χ4n) is 6.29. The van der Waals surface area contributed by atoms with E-state index >= 15 is 0 Å². The van der Waals surface area contributed by atoms with E-state index in [-0.39, 0.29) is 22.7 Å². The predicted molar refractivity (Wildman–Crippen MR) is 112 cm³/mol. The Balaban J connectivity index is 1.37. The second-order valence-corrected chi connectivity index (χ2v) is 9.42. The predicted octanol–water partition coefficient (Wildman–Crippen LogP) is 2.94. The van der Waals surface area contributed by atoms with Gasteiger partial charge in [-0.15, -0.1) is 0 Å². The number of nitrogens with two attached hydrogens (primary N) is 2. The van der Waals surface area contributed by atoms with Gasteiger partial charge in [0, 0.05) is 54.3 Å². The molecule has 1 saturated heterocycles. The Bertz CT molecular complexity index is 940. The highest BCUT2D eigenvalue weighted by Gasteiger charge is 2.71. The van der Waals surface area contributed by atoms with Crippen molar-refractivity contribution in [3.8, 4) is 0 Å². The zero-order valence-corrected chi connectivity index (χ0v) is 17.5. The van der Waals surface area contributed by atoms with Gasteiger partial charge in [0.25, 0.3) is 0 Å². The van der Waals surface area contributed by atoms with Crippen LogP contribution in [0.15, 0.2) is 23.3 Å². The molecule has 2 aliphatic heterocycles. The fourth-order valence-corrected chi connectivity index (χ4v) is 6.29. The molecule has 2 aliphatic carbocycles. The number of fused-ring (bicyclic) bond motifs is 1. The van der Waals surface area contributed by atoms with Gasteiger partial charge in [-0.1, -0.05) is 0 Å². The van der Waals surface area contributed by atoms with Gasteiger partial charge in [0.05, 0.1) is 18.8 Å². The number of allylic oxidation sites excluding steroid dienone is 1. The van der Waals surface area contributed by atoms with Crippen molar-refractivity contribution in [3.63, 3.8) is 0 Å². The lowest BCUT2D eigenvalue weighted by Gasteiger charge is -2.35. The molecule has 4 aliphatic rings. The van der Waals surface area contributed by atoms with Crippen LogP contribution in [0.5, 0.6) is 0 Å². The zero-order valence-electron chi connectivity index (χ0n) is 17.5. The maximum atomic E-state index is 13.2. The minimum atomic E-state index is -4.57. The first-order chi connectivity index (χ1) is 14.7. The second kappa shape index (κ2) is 7.20.